The molecule has 4 aromatic carbocycles. The van der Waals surface area contributed by atoms with Crippen molar-refractivity contribution in [1.29, 1.82) is 0 Å². The Kier molecular flexibility index (Phi) is 5.29. The predicted octanol–water partition coefficient (Wildman–Crippen LogP) is 8.26. The largest absolute Gasteiger partial charge is 0.295 e. The summed E-state index contributed by atoms with van der Waals surface area (Å²) in [5.74, 6) is 1.01. The van der Waals surface area contributed by atoms with Crippen molar-refractivity contribution in [3.8, 4) is 11.1 Å². The molecule has 2 aliphatic rings. The maximum atomic E-state index is 11.9. The molecule has 4 aromatic rings. The first-order valence-electron chi connectivity index (χ1n) is 12.6. The van der Waals surface area contributed by atoms with Gasteiger partial charge >= 0.3 is 0 Å². The van der Waals surface area contributed by atoms with E-state index in [9.17, 15) is 4.79 Å². The van der Waals surface area contributed by atoms with Crippen LogP contribution in [-0.2, 0) is 11.8 Å². The van der Waals surface area contributed by atoms with Gasteiger partial charge in [0.15, 0.2) is 5.78 Å². The molecule has 1 nitrogen and oxygen atoms in total. The summed E-state index contributed by atoms with van der Waals surface area (Å²) in [6.07, 6.45) is 4.63. The molecule has 0 saturated carbocycles. The van der Waals surface area contributed by atoms with Crippen LogP contribution >= 0.6 is 0 Å². The second-order valence-electron chi connectivity index (χ2n) is 10.4. The zero-order chi connectivity index (χ0) is 24.0. The van der Waals surface area contributed by atoms with Crippen LogP contribution in [0.3, 0.4) is 0 Å². The lowest BCUT2D eigenvalue weighted by Crippen LogP contribution is -2.39. The van der Waals surface area contributed by atoms with Crippen molar-refractivity contribution in [1.82, 2.24) is 0 Å². The SMILES string of the molecule is CC(=O)c1ccc(C2(C)Cc3ccccc3C3CC(c4ccc(-c5ccccc5)cc4)=CC32)cc1. The number of benzene rings is 4. The van der Waals surface area contributed by atoms with E-state index in [2.05, 4.69) is 104 Å². The van der Waals surface area contributed by atoms with Crippen LogP contribution in [0.15, 0.2) is 109 Å². The van der Waals surface area contributed by atoms with Gasteiger partial charge in [-0.1, -0.05) is 116 Å². The van der Waals surface area contributed by atoms with Crippen LogP contribution in [0.2, 0.25) is 0 Å². The van der Waals surface area contributed by atoms with E-state index in [0.29, 0.717) is 11.8 Å². The number of hydrogen-bond acceptors (Lipinski definition) is 1. The minimum absolute atomic E-state index is 0.0138. The van der Waals surface area contributed by atoms with Crippen LogP contribution in [0.25, 0.3) is 16.7 Å². The van der Waals surface area contributed by atoms with E-state index in [-0.39, 0.29) is 11.2 Å². The Morgan fingerprint density at radius 1 is 0.743 bits per heavy atom. The average Bonchev–Trinajstić information content (AvgIpc) is 3.36. The molecule has 0 aromatic heterocycles. The Hall–Kier alpha value is -3.71. The Balaban J connectivity index is 1.39. The fourth-order valence-electron chi connectivity index (χ4n) is 6.37. The normalized spacial score (nSPS) is 22.7. The molecule has 2 aliphatic carbocycles. The molecular weight excluding hydrogens is 424 g/mol. The smallest absolute Gasteiger partial charge is 0.159 e. The molecule has 3 atom stereocenters. The number of carbonyl (C=O) groups excluding carboxylic acids is 1. The summed E-state index contributed by atoms with van der Waals surface area (Å²) >= 11 is 0. The van der Waals surface area contributed by atoms with E-state index in [1.807, 2.05) is 12.1 Å². The molecule has 35 heavy (non-hydrogen) atoms. The van der Waals surface area contributed by atoms with Crippen molar-refractivity contribution in [3.63, 3.8) is 0 Å². The lowest BCUT2D eigenvalue weighted by Gasteiger charge is -2.44. The standard InChI is InChI=1S/C34H30O/c1-23(35)24-16-18-30(19-17-24)34(2)22-28-10-6-7-11-31(28)32-20-29(21-33(32)34)27-14-12-26(13-15-27)25-8-4-3-5-9-25/h3-19,21,32-33H,20,22H2,1-2H3. The second kappa shape index (κ2) is 8.50. The van der Waals surface area contributed by atoms with E-state index in [4.69, 9.17) is 0 Å². The van der Waals surface area contributed by atoms with Crippen molar-refractivity contribution >= 4 is 11.4 Å². The van der Waals surface area contributed by atoms with Crippen LogP contribution in [-0.4, -0.2) is 5.78 Å². The topological polar surface area (TPSA) is 17.1 Å². The molecule has 0 N–H and O–H groups in total. The van der Waals surface area contributed by atoms with E-state index in [1.165, 1.54) is 39.0 Å². The Bertz CT molecular complexity index is 1410. The van der Waals surface area contributed by atoms with Gasteiger partial charge in [-0.25, -0.2) is 0 Å². The highest BCUT2D eigenvalue weighted by Gasteiger charge is 2.47. The fraction of sp³-hybridized carbons (Fsp3) is 0.206. The van der Waals surface area contributed by atoms with Crippen LogP contribution in [0.1, 0.15) is 58.8 Å². The first-order valence-corrected chi connectivity index (χ1v) is 12.6. The van der Waals surface area contributed by atoms with Crippen molar-refractivity contribution in [2.24, 2.45) is 5.92 Å². The molecule has 6 rings (SSSR count). The van der Waals surface area contributed by atoms with Gasteiger partial charge in [0.2, 0.25) is 0 Å². The van der Waals surface area contributed by atoms with Gasteiger partial charge in [-0.05, 0) is 70.6 Å². The molecule has 3 unspecified atom stereocenters. The van der Waals surface area contributed by atoms with E-state index < -0.39 is 0 Å². The summed E-state index contributed by atoms with van der Waals surface area (Å²) in [6.45, 7) is 4.06. The molecule has 1 heteroatoms. The number of carbonyl (C=O) groups is 1. The lowest BCUT2D eigenvalue weighted by molar-refractivity contribution is 0.101. The van der Waals surface area contributed by atoms with Crippen LogP contribution in [0.4, 0.5) is 0 Å². The highest BCUT2D eigenvalue weighted by molar-refractivity contribution is 5.94. The van der Waals surface area contributed by atoms with Crippen molar-refractivity contribution in [2.75, 3.05) is 0 Å². The van der Waals surface area contributed by atoms with Crippen LogP contribution in [0.5, 0.6) is 0 Å². The molecule has 172 valence electrons. The van der Waals surface area contributed by atoms with E-state index >= 15 is 0 Å². The third kappa shape index (κ3) is 3.76. The third-order valence-corrected chi connectivity index (χ3v) is 8.32. The van der Waals surface area contributed by atoms with Gasteiger partial charge in [-0.15, -0.1) is 0 Å². The van der Waals surface area contributed by atoms with Crippen LogP contribution in [0, 0.1) is 5.92 Å². The minimum atomic E-state index is -0.0138. The summed E-state index contributed by atoms with van der Waals surface area (Å²) < 4.78 is 0. The molecule has 0 aliphatic heterocycles. The molecule has 0 bridgehead atoms. The molecule has 0 heterocycles. The highest BCUT2D eigenvalue weighted by atomic mass is 16.1. The maximum Gasteiger partial charge on any atom is 0.159 e. The fourth-order valence-corrected chi connectivity index (χ4v) is 6.37. The summed E-state index contributed by atoms with van der Waals surface area (Å²) in [5.41, 5.74) is 10.3. The first-order chi connectivity index (χ1) is 17.0. The van der Waals surface area contributed by atoms with Crippen LogP contribution < -0.4 is 0 Å². The van der Waals surface area contributed by atoms with Gasteiger partial charge in [0.25, 0.3) is 0 Å². The van der Waals surface area contributed by atoms with Gasteiger partial charge in [0.05, 0.1) is 0 Å². The van der Waals surface area contributed by atoms with Gasteiger partial charge in [0, 0.05) is 11.0 Å². The predicted molar refractivity (Wildman–Crippen MR) is 145 cm³/mol. The number of allylic oxidation sites excluding steroid dienone is 2. The van der Waals surface area contributed by atoms with Gasteiger partial charge in [-0.3, -0.25) is 4.79 Å². The van der Waals surface area contributed by atoms with Crippen molar-refractivity contribution in [3.05, 3.63) is 137 Å². The summed E-state index contributed by atoms with van der Waals surface area (Å²) in [5, 5.41) is 0. The number of rotatable bonds is 4. The molecule has 0 radical (unpaired) electrons. The summed E-state index contributed by atoms with van der Waals surface area (Å²) in [4.78, 5) is 11.9. The lowest BCUT2D eigenvalue weighted by atomic mass is 9.59. The molecule has 0 spiro atoms. The molecule has 0 amide bonds. The highest BCUT2D eigenvalue weighted by Crippen LogP contribution is 2.56. The third-order valence-electron chi connectivity index (χ3n) is 8.32. The van der Waals surface area contributed by atoms with E-state index in [0.717, 1.165) is 18.4 Å². The Morgan fingerprint density at radius 2 is 1.37 bits per heavy atom. The molecule has 0 saturated heterocycles. The molecular formula is C34H30O. The van der Waals surface area contributed by atoms with Gasteiger partial charge in [0.1, 0.15) is 0 Å². The van der Waals surface area contributed by atoms with E-state index in [1.54, 1.807) is 6.92 Å². The molecule has 0 fully saturated rings. The average molecular weight is 455 g/mol. The second-order valence-corrected chi connectivity index (χ2v) is 10.4. The minimum Gasteiger partial charge on any atom is -0.295 e. The Morgan fingerprint density at radius 3 is 2.09 bits per heavy atom. The monoisotopic (exact) mass is 454 g/mol. The van der Waals surface area contributed by atoms with Crippen molar-refractivity contribution < 1.29 is 4.79 Å². The van der Waals surface area contributed by atoms with Crippen molar-refractivity contribution in [2.45, 2.75) is 38.0 Å². The quantitative estimate of drug-likeness (QED) is 0.284. The number of fused-ring (bicyclic) bond motifs is 3. The van der Waals surface area contributed by atoms with Gasteiger partial charge in [-0.2, -0.15) is 0 Å². The van der Waals surface area contributed by atoms with Gasteiger partial charge < -0.3 is 0 Å². The number of Topliss-reactive ketones (excluding diaryl/α,β-unsaturated/α-hetero) is 1. The maximum absolute atomic E-state index is 11.9. The zero-order valence-corrected chi connectivity index (χ0v) is 20.4. The number of hydrogen-bond donors (Lipinski definition) is 0. The Labute approximate surface area is 208 Å². The zero-order valence-electron chi connectivity index (χ0n) is 20.4. The number of ketones is 1. The first kappa shape index (κ1) is 21.8. The summed E-state index contributed by atoms with van der Waals surface area (Å²) in [7, 11) is 0. The summed E-state index contributed by atoms with van der Waals surface area (Å²) in [6, 6.07) is 37.0.